The molecule has 0 unspecified atom stereocenters. The van der Waals surface area contributed by atoms with E-state index < -0.39 is 0 Å². The van der Waals surface area contributed by atoms with Gasteiger partial charge in [-0.1, -0.05) is 11.3 Å². The monoisotopic (exact) mass is 428 g/mol. The molecule has 0 bridgehead atoms. The van der Waals surface area contributed by atoms with Crippen LogP contribution in [0.5, 0.6) is 28.7 Å². The van der Waals surface area contributed by atoms with Crippen LogP contribution in [0.1, 0.15) is 5.82 Å². The minimum Gasteiger partial charge on any atom is -0.497 e. The first kappa shape index (κ1) is 19.8. The van der Waals surface area contributed by atoms with Crippen LogP contribution >= 0.6 is 11.3 Å². The van der Waals surface area contributed by atoms with Gasteiger partial charge in [0.1, 0.15) is 23.1 Å². The summed E-state index contributed by atoms with van der Waals surface area (Å²) in [6.07, 6.45) is 0. The van der Waals surface area contributed by atoms with Gasteiger partial charge in [0.2, 0.25) is 10.7 Å². The maximum Gasteiger partial charge on any atom is 0.235 e. The molecule has 0 aliphatic heterocycles. The first-order valence-corrected chi connectivity index (χ1v) is 9.76. The van der Waals surface area contributed by atoms with E-state index in [1.165, 1.54) is 11.3 Å². The smallest absolute Gasteiger partial charge is 0.235 e. The summed E-state index contributed by atoms with van der Waals surface area (Å²) in [4.78, 5) is 0.659. The molecule has 30 heavy (non-hydrogen) atoms. The molecular weight excluding hydrogens is 408 g/mol. The lowest BCUT2D eigenvalue weighted by atomic mass is 10.2. The molecule has 0 saturated carbocycles. The van der Waals surface area contributed by atoms with E-state index in [-0.39, 0.29) is 6.61 Å². The van der Waals surface area contributed by atoms with E-state index in [0.29, 0.717) is 33.8 Å². The summed E-state index contributed by atoms with van der Waals surface area (Å²) in [5.41, 5.74) is 0.821. The normalized spacial score (nSPS) is 10.8. The van der Waals surface area contributed by atoms with E-state index in [1.54, 1.807) is 33.0 Å². The van der Waals surface area contributed by atoms with Gasteiger partial charge in [-0.25, -0.2) is 0 Å². The second-order valence-electron chi connectivity index (χ2n) is 6.10. The predicted molar refractivity (Wildman–Crippen MR) is 111 cm³/mol. The van der Waals surface area contributed by atoms with Crippen molar-refractivity contribution in [1.82, 2.24) is 19.8 Å². The van der Waals surface area contributed by atoms with Crippen molar-refractivity contribution in [2.24, 2.45) is 0 Å². The summed E-state index contributed by atoms with van der Waals surface area (Å²) in [6.45, 7) is 0.228. The Morgan fingerprint density at radius 3 is 2.10 bits per heavy atom. The van der Waals surface area contributed by atoms with Crippen molar-refractivity contribution in [2.45, 2.75) is 6.61 Å². The van der Waals surface area contributed by atoms with E-state index in [1.807, 2.05) is 36.4 Å². The Balaban J connectivity index is 1.61. The van der Waals surface area contributed by atoms with Crippen LogP contribution in [0.25, 0.3) is 15.5 Å². The molecule has 2 heterocycles. The molecule has 0 amide bonds. The number of ether oxygens (including phenoxy) is 5. The zero-order chi connectivity index (χ0) is 21.1. The summed E-state index contributed by atoms with van der Waals surface area (Å²) in [6, 6.07) is 11.0. The van der Waals surface area contributed by atoms with Crippen molar-refractivity contribution in [3.8, 4) is 39.3 Å². The molecule has 0 N–H and O–H groups in total. The summed E-state index contributed by atoms with van der Waals surface area (Å²) in [5, 5.41) is 13.8. The summed E-state index contributed by atoms with van der Waals surface area (Å²) in [5.74, 6) is 3.70. The summed E-state index contributed by atoms with van der Waals surface area (Å²) < 4.78 is 28.9. The molecule has 0 spiro atoms. The molecular formula is C20H20N4O5S. The van der Waals surface area contributed by atoms with Crippen molar-refractivity contribution in [1.29, 1.82) is 0 Å². The van der Waals surface area contributed by atoms with Crippen molar-refractivity contribution in [2.75, 3.05) is 28.4 Å². The van der Waals surface area contributed by atoms with Crippen molar-refractivity contribution in [3.05, 3.63) is 42.2 Å². The van der Waals surface area contributed by atoms with Gasteiger partial charge in [0.15, 0.2) is 17.3 Å². The van der Waals surface area contributed by atoms with E-state index in [0.717, 1.165) is 16.3 Å². The van der Waals surface area contributed by atoms with Crippen molar-refractivity contribution >= 4 is 16.3 Å². The number of hydrogen-bond donors (Lipinski definition) is 0. The SMILES string of the molecule is COc1ccc(OCc2nnc3sc(-c4cc(OC)c(OC)c(OC)c4)nn23)cc1. The van der Waals surface area contributed by atoms with Crippen LogP contribution < -0.4 is 23.7 Å². The van der Waals surface area contributed by atoms with Gasteiger partial charge in [0, 0.05) is 5.56 Å². The van der Waals surface area contributed by atoms with Gasteiger partial charge < -0.3 is 23.7 Å². The number of benzene rings is 2. The van der Waals surface area contributed by atoms with Crippen LogP contribution in [0.4, 0.5) is 0 Å². The van der Waals surface area contributed by atoms with Crippen LogP contribution in [0.2, 0.25) is 0 Å². The molecule has 4 rings (SSSR count). The Hall–Kier alpha value is -3.53. The van der Waals surface area contributed by atoms with Gasteiger partial charge in [-0.15, -0.1) is 10.2 Å². The molecule has 2 aromatic heterocycles. The molecule has 10 heteroatoms. The molecule has 9 nitrogen and oxygen atoms in total. The minimum atomic E-state index is 0.228. The number of nitrogens with zero attached hydrogens (tertiary/aromatic N) is 4. The van der Waals surface area contributed by atoms with Gasteiger partial charge in [0.25, 0.3) is 0 Å². The highest BCUT2D eigenvalue weighted by Crippen LogP contribution is 2.41. The first-order valence-electron chi connectivity index (χ1n) is 8.95. The molecule has 4 aromatic rings. The molecule has 0 fully saturated rings. The van der Waals surface area contributed by atoms with Crippen LogP contribution in [0.3, 0.4) is 0 Å². The average molecular weight is 428 g/mol. The van der Waals surface area contributed by atoms with Gasteiger partial charge in [-0.2, -0.15) is 9.61 Å². The third kappa shape index (κ3) is 3.69. The number of rotatable bonds is 8. The van der Waals surface area contributed by atoms with E-state index in [4.69, 9.17) is 23.7 Å². The first-order chi connectivity index (χ1) is 14.7. The van der Waals surface area contributed by atoms with Crippen LogP contribution in [-0.2, 0) is 6.61 Å². The van der Waals surface area contributed by atoms with Gasteiger partial charge in [-0.3, -0.25) is 0 Å². The van der Waals surface area contributed by atoms with Crippen molar-refractivity contribution in [3.63, 3.8) is 0 Å². The molecule has 0 radical (unpaired) electrons. The van der Waals surface area contributed by atoms with E-state index in [9.17, 15) is 0 Å². The van der Waals surface area contributed by atoms with Gasteiger partial charge in [0.05, 0.1) is 28.4 Å². The number of methoxy groups -OCH3 is 4. The largest absolute Gasteiger partial charge is 0.497 e. The van der Waals surface area contributed by atoms with Crippen LogP contribution in [-0.4, -0.2) is 48.3 Å². The summed E-state index contributed by atoms with van der Waals surface area (Å²) >= 11 is 1.40. The lowest BCUT2D eigenvalue weighted by Crippen LogP contribution is -2.02. The lowest BCUT2D eigenvalue weighted by Gasteiger charge is -2.13. The third-order valence-electron chi connectivity index (χ3n) is 4.39. The van der Waals surface area contributed by atoms with Crippen LogP contribution in [0, 0.1) is 0 Å². The quantitative estimate of drug-likeness (QED) is 0.422. The standard InChI is InChI=1S/C20H20N4O5S/c1-25-13-5-7-14(8-6-13)29-11-17-21-22-20-24(17)23-19(30-20)12-9-15(26-2)18(28-4)16(10-12)27-3/h5-10H,11H2,1-4H3. The predicted octanol–water partition coefficient (Wildman–Crippen LogP) is 3.47. The maximum absolute atomic E-state index is 5.81. The van der Waals surface area contributed by atoms with E-state index >= 15 is 0 Å². The third-order valence-corrected chi connectivity index (χ3v) is 5.34. The molecule has 0 atom stereocenters. The number of hydrogen-bond acceptors (Lipinski definition) is 9. The van der Waals surface area contributed by atoms with E-state index in [2.05, 4.69) is 15.3 Å². The second kappa shape index (κ2) is 8.46. The number of fused-ring (bicyclic) bond motifs is 1. The zero-order valence-electron chi connectivity index (χ0n) is 16.9. The minimum absolute atomic E-state index is 0.228. The highest BCUT2D eigenvalue weighted by molar-refractivity contribution is 7.19. The van der Waals surface area contributed by atoms with Gasteiger partial charge >= 0.3 is 0 Å². The average Bonchev–Trinajstić information content (AvgIpc) is 3.38. The Labute approximate surface area is 176 Å². The highest BCUT2D eigenvalue weighted by Gasteiger charge is 2.18. The molecule has 2 aromatic carbocycles. The fourth-order valence-electron chi connectivity index (χ4n) is 2.89. The van der Waals surface area contributed by atoms with Gasteiger partial charge in [-0.05, 0) is 36.4 Å². The van der Waals surface area contributed by atoms with Crippen LogP contribution in [0.15, 0.2) is 36.4 Å². The van der Waals surface area contributed by atoms with Crippen molar-refractivity contribution < 1.29 is 23.7 Å². The molecule has 156 valence electrons. The zero-order valence-corrected chi connectivity index (χ0v) is 17.7. The Bertz CT molecular complexity index is 1130. The Morgan fingerprint density at radius 1 is 0.833 bits per heavy atom. The number of aromatic nitrogens is 4. The fourth-order valence-corrected chi connectivity index (χ4v) is 3.73. The summed E-state index contributed by atoms with van der Waals surface area (Å²) in [7, 11) is 6.34. The maximum atomic E-state index is 5.81. The molecule has 0 aliphatic carbocycles. The fraction of sp³-hybridized carbons (Fsp3) is 0.250. The molecule has 0 saturated heterocycles. The Morgan fingerprint density at radius 2 is 1.50 bits per heavy atom. The topological polar surface area (TPSA) is 89.2 Å². The lowest BCUT2D eigenvalue weighted by molar-refractivity contribution is 0.292. The second-order valence-corrected chi connectivity index (χ2v) is 7.05. The molecule has 0 aliphatic rings. The Kier molecular flexibility index (Phi) is 5.57. The highest BCUT2D eigenvalue weighted by atomic mass is 32.1.